The maximum atomic E-state index is 13.8. The highest BCUT2D eigenvalue weighted by Gasteiger charge is 2.20. The molecule has 0 unspecified atom stereocenters. The molecule has 86 valence electrons. The molecule has 3 nitrogen and oxygen atoms in total. The molecule has 0 radical (unpaired) electrons. The van der Waals surface area contributed by atoms with E-state index in [4.69, 9.17) is 11.6 Å². The third-order valence-electron chi connectivity index (χ3n) is 2.29. The molecule has 0 aliphatic heterocycles. The van der Waals surface area contributed by atoms with Crippen LogP contribution >= 0.6 is 11.6 Å². The zero-order chi connectivity index (χ0) is 12.4. The zero-order valence-electron chi connectivity index (χ0n) is 8.56. The van der Waals surface area contributed by atoms with Gasteiger partial charge in [-0.1, -0.05) is 41.9 Å². The summed E-state index contributed by atoms with van der Waals surface area (Å²) in [7, 11) is 0. The van der Waals surface area contributed by atoms with Gasteiger partial charge in [-0.3, -0.25) is 10.1 Å². The van der Waals surface area contributed by atoms with Crippen LogP contribution in [-0.2, 0) is 0 Å². The number of nitro benzene ring substituents is 1. The largest absolute Gasteiger partial charge is 0.281 e. The van der Waals surface area contributed by atoms with E-state index in [1.54, 1.807) is 30.3 Å². The van der Waals surface area contributed by atoms with Gasteiger partial charge in [0.2, 0.25) is 0 Å². The molecule has 2 aromatic carbocycles. The predicted molar refractivity (Wildman–Crippen MR) is 63.5 cm³/mol. The van der Waals surface area contributed by atoms with Crippen molar-refractivity contribution in [2.75, 3.05) is 0 Å². The number of hydrogen-bond acceptors (Lipinski definition) is 2. The van der Waals surface area contributed by atoms with E-state index in [0.29, 0.717) is 5.56 Å². The highest BCUT2D eigenvalue weighted by molar-refractivity contribution is 6.31. The van der Waals surface area contributed by atoms with Gasteiger partial charge in [0, 0.05) is 6.07 Å². The molecule has 0 aromatic heterocycles. The van der Waals surface area contributed by atoms with Crippen LogP contribution in [0.3, 0.4) is 0 Å². The van der Waals surface area contributed by atoms with Crippen molar-refractivity contribution in [3.05, 3.63) is 63.4 Å². The van der Waals surface area contributed by atoms with Crippen molar-refractivity contribution in [3.8, 4) is 11.1 Å². The summed E-state index contributed by atoms with van der Waals surface area (Å²) in [5.41, 5.74) is 0.0783. The lowest BCUT2D eigenvalue weighted by atomic mass is 10.0. The fourth-order valence-corrected chi connectivity index (χ4v) is 1.79. The van der Waals surface area contributed by atoms with Crippen LogP contribution < -0.4 is 0 Å². The number of hydrogen-bond donors (Lipinski definition) is 0. The second kappa shape index (κ2) is 4.51. The van der Waals surface area contributed by atoms with Crippen molar-refractivity contribution in [1.82, 2.24) is 0 Å². The lowest BCUT2D eigenvalue weighted by Crippen LogP contribution is -1.95. The van der Waals surface area contributed by atoms with Crippen LogP contribution in [0.1, 0.15) is 0 Å². The van der Waals surface area contributed by atoms with Gasteiger partial charge in [-0.2, -0.15) is 0 Å². The Labute approximate surface area is 102 Å². The first-order valence-corrected chi connectivity index (χ1v) is 5.16. The summed E-state index contributed by atoms with van der Waals surface area (Å²) in [6, 6.07) is 10.6. The number of halogens is 2. The zero-order valence-corrected chi connectivity index (χ0v) is 9.32. The van der Waals surface area contributed by atoms with Crippen LogP contribution in [-0.4, -0.2) is 4.92 Å². The SMILES string of the molecule is O=[N+]([O-])c1cc(Cl)cc(F)c1-c1ccccc1. The van der Waals surface area contributed by atoms with Crippen molar-refractivity contribution in [1.29, 1.82) is 0 Å². The Hall–Kier alpha value is -1.94. The summed E-state index contributed by atoms with van der Waals surface area (Å²) in [5, 5.41) is 10.9. The van der Waals surface area contributed by atoms with E-state index in [-0.39, 0.29) is 16.3 Å². The topological polar surface area (TPSA) is 43.1 Å². The first-order chi connectivity index (χ1) is 8.09. The molecule has 5 heteroatoms. The molecule has 0 amide bonds. The fraction of sp³-hybridized carbons (Fsp3) is 0. The maximum Gasteiger partial charge on any atom is 0.281 e. The Morgan fingerprint density at radius 1 is 1.18 bits per heavy atom. The Morgan fingerprint density at radius 2 is 1.82 bits per heavy atom. The van der Waals surface area contributed by atoms with Gasteiger partial charge >= 0.3 is 0 Å². The van der Waals surface area contributed by atoms with E-state index in [2.05, 4.69) is 0 Å². The number of benzene rings is 2. The molecule has 0 heterocycles. The monoisotopic (exact) mass is 251 g/mol. The van der Waals surface area contributed by atoms with Crippen LogP contribution in [0.2, 0.25) is 5.02 Å². The van der Waals surface area contributed by atoms with E-state index >= 15 is 0 Å². The first kappa shape index (κ1) is 11.5. The summed E-state index contributed by atoms with van der Waals surface area (Å²) in [6.45, 7) is 0. The average Bonchev–Trinajstić information content (AvgIpc) is 2.29. The molecule has 2 aromatic rings. The van der Waals surface area contributed by atoms with Crippen molar-refractivity contribution >= 4 is 17.3 Å². The second-order valence-electron chi connectivity index (χ2n) is 3.40. The average molecular weight is 252 g/mol. The Morgan fingerprint density at radius 3 is 2.41 bits per heavy atom. The van der Waals surface area contributed by atoms with Crippen LogP contribution in [0.15, 0.2) is 42.5 Å². The van der Waals surface area contributed by atoms with Gasteiger partial charge in [0.25, 0.3) is 5.69 Å². The van der Waals surface area contributed by atoms with Crippen LogP contribution in [0, 0.1) is 15.9 Å². The summed E-state index contributed by atoms with van der Waals surface area (Å²) in [5.74, 6) is -0.699. The van der Waals surface area contributed by atoms with Crippen molar-refractivity contribution < 1.29 is 9.31 Å². The summed E-state index contributed by atoms with van der Waals surface area (Å²) in [4.78, 5) is 10.2. The molecule has 2 rings (SSSR count). The first-order valence-electron chi connectivity index (χ1n) is 4.78. The third-order valence-corrected chi connectivity index (χ3v) is 2.51. The van der Waals surface area contributed by atoms with E-state index in [1.165, 1.54) is 0 Å². The van der Waals surface area contributed by atoms with E-state index in [0.717, 1.165) is 12.1 Å². The number of rotatable bonds is 2. The van der Waals surface area contributed by atoms with Gasteiger partial charge < -0.3 is 0 Å². The number of nitrogens with zero attached hydrogens (tertiary/aromatic N) is 1. The predicted octanol–water partition coefficient (Wildman–Crippen LogP) is 4.05. The van der Waals surface area contributed by atoms with Gasteiger partial charge in [-0.05, 0) is 11.6 Å². The third kappa shape index (κ3) is 2.26. The van der Waals surface area contributed by atoms with Crippen molar-refractivity contribution in [2.24, 2.45) is 0 Å². The van der Waals surface area contributed by atoms with Crippen LogP contribution in [0.4, 0.5) is 10.1 Å². The van der Waals surface area contributed by atoms with Gasteiger partial charge in [0.1, 0.15) is 5.82 Å². The Bertz CT molecular complexity index is 572. The second-order valence-corrected chi connectivity index (χ2v) is 3.84. The molecule has 0 atom stereocenters. The molecule has 0 fully saturated rings. The van der Waals surface area contributed by atoms with Gasteiger partial charge in [-0.25, -0.2) is 4.39 Å². The van der Waals surface area contributed by atoms with Crippen molar-refractivity contribution in [2.45, 2.75) is 0 Å². The normalized spacial score (nSPS) is 10.2. The molecule has 17 heavy (non-hydrogen) atoms. The Kier molecular flexibility index (Phi) is 3.06. The minimum Gasteiger partial charge on any atom is -0.258 e. The van der Waals surface area contributed by atoms with Crippen molar-refractivity contribution in [3.63, 3.8) is 0 Å². The maximum absolute atomic E-state index is 13.8. The van der Waals surface area contributed by atoms with Gasteiger partial charge in [0.05, 0.1) is 15.5 Å². The standard InChI is InChI=1S/C12H7ClFNO2/c13-9-6-10(14)12(11(7-9)15(16)17)8-4-2-1-3-5-8/h1-7H. The van der Waals surface area contributed by atoms with Crippen LogP contribution in [0.5, 0.6) is 0 Å². The molecule has 0 N–H and O–H groups in total. The summed E-state index contributed by atoms with van der Waals surface area (Å²) < 4.78 is 13.8. The minimum atomic E-state index is -0.699. The molecule has 0 saturated heterocycles. The van der Waals surface area contributed by atoms with Gasteiger partial charge in [0.15, 0.2) is 0 Å². The molecule has 0 saturated carbocycles. The molecule has 0 bridgehead atoms. The lowest BCUT2D eigenvalue weighted by molar-refractivity contribution is -0.384. The Balaban J connectivity index is 2.72. The molecular weight excluding hydrogens is 245 g/mol. The molecule has 0 aliphatic carbocycles. The summed E-state index contributed by atoms with van der Waals surface area (Å²) in [6.07, 6.45) is 0. The highest BCUT2D eigenvalue weighted by atomic mass is 35.5. The van der Waals surface area contributed by atoms with E-state index < -0.39 is 10.7 Å². The van der Waals surface area contributed by atoms with Crippen LogP contribution in [0.25, 0.3) is 11.1 Å². The highest BCUT2D eigenvalue weighted by Crippen LogP contribution is 2.34. The lowest BCUT2D eigenvalue weighted by Gasteiger charge is -2.05. The minimum absolute atomic E-state index is 0.00822. The molecule has 0 spiro atoms. The quantitative estimate of drug-likeness (QED) is 0.597. The van der Waals surface area contributed by atoms with E-state index in [9.17, 15) is 14.5 Å². The van der Waals surface area contributed by atoms with Gasteiger partial charge in [-0.15, -0.1) is 0 Å². The van der Waals surface area contributed by atoms with E-state index in [1.807, 2.05) is 0 Å². The number of nitro groups is 1. The smallest absolute Gasteiger partial charge is 0.258 e. The fourth-order valence-electron chi connectivity index (χ4n) is 1.59. The molecular formula is C12H7ClFNO2. The molecule has 0 aliphatic rings. The summed E-state index contributed by atoms with van der Waals surface area (Å²) >= 11 is 5.61.